The van der Waals surface area contributed by atoms with Crippen molar-refractivity contribution >= 4 is 17.2 Å². The van der Waals surface area contributed by atoms with E-state index < -0.39 is 5.91 Å². The van der Waals surface area contributed by atoms with Crippen molar-refractivity contribution in [3.8, 4) is 11.4 Å². The lowest BCUT2D eigenvalue weighted by Gasteiger charge is -2.02. The molecule has 0 aliphatic carbocycles. The van der Waals surface area contributed by atoms with Crippen LogP contribution in [0.5, 0.6) is 0 Å². The van der Waals surface area contributed by atoms with Crippen molar-refractivity contribution in [2.45, 2.75) is 0 Å². The second-order valence-electron chi connectivity index (χ2n) is 3.72. The highest BCUT2D eigenvalue weighted by Crippen LogP contribution is 2.21. The van der Waals surface area contributed by atoms with Crippen molar-refractivity contribution in [2.24, 2.45) is 5.73 Å². The third kappa shape index (κ3) is 1.60. The van der Waals surface area contributed by atoms with Gasteiger partial charge in [-0.15, -0.1) is 0 Å². The highest BCUT2D eigenvalue weighted by atomic mass is 16.1. The van der Waals surface area contributed by atoms with Gasteiger partial charge in [0.05, 0.1) is 5.56 Å². The topological polar surface area (TPSA) is 97.6 Å². The maximum absolute atomic E-state index is 11.4. The maximum atomic E-state index is 11.4. The second kappa shape index (κ2) is 3.92. The Morgan fingerprint density at radius 3 is 2.72 bits per heavy atom. The number of nitrogens with one attached hydrogen (secondary N) is 1. The van der Waals surface area contributed by atoms with Gasteiger partial charge < -0.3 is 10.7 Å². The van der Waals surface area contributed by atoms with Crippen LogP contribution >= 0.6 is 0 Å². The molecule has 3 aromatic rings. The number of hydrogen-bond donors (Lipinski definition) is 2. The molecule has 18 heavy (non-hydrogen) atoms. The molecule has 1 amide bonds. The van der Waals surface area contributed by atoms with E-state index in [1.807, 2.05) is 6.07 Å². The number of nitrogens with zero attached hydrogens (tertiary/aromatic N) is 3. The van der Waals surface area contributed by atoms with Crippen molar-refractivity contribution in [1.29, 1.82) is 0 Å². The molecule has 0 aliphatic rings. The van der Waals surface area contributed by atoms with E-state index in [1.54, 1.807) is 30.6 Å². The van der Waals surface area contributed by atoms with Crippen molar-refractivity contribution in [1.82, 2.24) is 19.9 Å². The van der Waals surface area contributed by atoms with Gasteiger partial charge in [0.15, 0.2) is 11.3 Å². The molecule has 0 unspecified atom stereocenters. The molecule has 0 saturated carbocycles. The molecule has 6 heteroatoms. The molecule has 3 rings (SSSR count). The third-order valence-electron chi connectivity index (χ3n) is 2.58. The van der Waals surface area contributed by atoms with Crippen LogP contribution in [0.4, 0.5) is 0 Å². The maximum Gasteiger partial charge on any atom is 0.249 e. The molecular formula is C12H9N5O. The molecule has 0 atom stereocenters. The number of fused-ring (bicyclic) bond motifs is 1. The molecule has 3 N–H and O–H groups in total. The van der Waals surface area contributed by atoms with E-state index in [2.05, 4.69) is 19.9 Å². The third-order valence-corrected chi connectivity index (χ3v) is 2.58. The summed E-state index contributed by atoms with van der Waals surface area (Å²) in [7, 11) is 0. The number of carbonyl (C=O) groups is 1. The number of primary amides is 1. The Bertz CT molecular complexity index is 701. The Balaban J connectivity index is 2.23. The quantitative estimate of drug-likeness (QED) is 0.700. The summed E-state index contributed by atoms with van der Waals surface area (Å²) in [5, 5.41) is 0. The lowest BCUT2D eigenvalue weighted by molar-refractivity contribution is 0.100. The van der Waals surface area contributed by atoms with Crippen LogP contribution in [0, 0.1) is 0 Å². The number of hydrogen-bond acceptors (Lipinski definition) is 4. The number of nitrogens with two attached hydrogens (primary N) is 1. The largest absolute Gasteiger partial charge is 0.366 e. The Morgan fingerprint density at radius 2 is 1.94 bits per heavy atom. The van der Waals surface area contributed by atoms with E-state index >= 15 is 0 Å². The minimum atomic E-state index is -0.494. The van der Waals surface area contributed by atoms with Crippen LogP contribution in [-0.2, 0) is 0 Å². The number of carbonyl (C=O) groups excluding carboxylic acids is 1. The Hall–Kier alpha value is -2.76. The zero-order valence-corrected chi connectivity index (χ0v) is 9.29. The van der Waals surface area contributed by atoms with Gasteiger partial charge in [-0.1, -0.05) is 18.2 Å². The van der Waals surface area contributed by atoms with Gasteiger partial charge in [0.2, 0.25) is 5.91 Å². The fourth-order valence-corrected chi connectivity index (χ4v) is 1.78. The molecule has 88 valence electrons. The summed E-state index contributed by atoms with van der Waals surface area (Å²) >= 11 is 0. The number of imidazole rings is 1. The number of benzene rings is 1. The first-order valence-corrected chi connectivity index (χ1v) is 5.31. The molecule has 2 aromatic heterocycles. The molecule has 1 aromatic carbocycles. The lowest BCUT2D eigenvalue weighted by atomic mass is 10.1. The van der Waals surface area contributed by atoms with Gasteiger partial charge >= 0.3 is 0 Å². The van der Waals surface area contributed by atoms with Gasteiger partial charge in [-0.05, 0) is 6.07 Å². The van der Waals surface area contributed by atoms with Crippen LogP contribution in [0.15, 0.2) is 36.7 Å². The van der Waals surface area contributed by atoms with Crippen molar-refractivity contribution in [3.63, 3.8) is 0 Å². The van der Waals surface area contributed by atoms with Crippen LogP contribution in [-0.4, -0.2) is 25.8 Å². The number of aromatic amines is 1. The molecule has 2 heterocycles. The van der Waals surface area contributed by atoms with Crippen LogP contribution in [0.2, 0.25) is 0 Å². The Labute approximate surface area is 102 Å². The summed E-state index contributed by atoms with van der Waals surface area (Å²) in [5.41, 5.74) is 7.47. The molecule has 0 aliphatic heterocycles. The standard InChI is InChI=1S/C12H9N5O/c13-9(18)7-3-1-2-4-8(7)10-16-11-12(17-10)15-6-5-14-11/h1-6H,(H2,13,18)(H,14,15,16,17). The fourth-order valence-electron chi connectivity index (χ4n) is 1.78. The molecule has 0 saturated heterocycles. The minimum absolute atomic E-state index is 0.413. The van der Waals surface area contributed by atoms with E-state index in [4.69, 9.17) is 5.73 Å². The smallest absolute Gasteiger partial charge is 0.249 e. The van der Waals surface area contributed by atoms with Crippen molar-refractivity contribution in [2.75, 3.05) is 0 Å². The second-order valence-corrected chi connectivity index (χ2v) is 3.72. The predicted octanol–water partition coefficient (Wildman–Crippen LogP) is 1.12. The average Bonchev–Trinajstić information content (AvgIpc) is 2.82. The van der Waals surface area contributed by atoms with Gasteiger partial charge in [0, 0.05) is 18.0 Å². The normalized spacial score (nSPS) is 10.7. The zero-order valence-electron chi connectivity index (χ0n) is 9.29. The van der Waals surface area contributed by atoms with Crippen LogP contribution < -0.4 is 5.73 Å². The summed E-state index contributed by atoms with van der Waals surface area (Å²) < 4.78 is 0. The Morgan fingerprint density at radius 1 is 1.17 bits per heavy atom. The molecular weight excluding hydrogens is 230 g/mol. The van der Waals surface area contributed by atoms with Crippen LogP contribution in [0.1, 0.15) is 10.4 Å². The summed E-state index contributed by atoms with van der Waals surface area (Å²) in [5.74, 6) is 0.0394. The molecule has 6 nitrogen and oxygen atoms in total. The summed E-state index contributed by atoms with van der Waals surface area (Å²) in [4.78, 5) is 26.8. The van der Waals surface area contributed by atoms with Crippen molar-refractivity contribution in [3.05, 3.63) is 42.2 Å². The summed E-state index contributed by atoms with van der Waals surface area (Å²) in [6, 6.07) is 7.00. The molecule has 0 bridgehead atoms. The SMILES string of the molecule is NC(=O)c1ccccc1-c1nc2nccnc2[nH]1. The van der Waals surface area contributed by atoms with Gasteiger partial charge in [-0.3, -0.25) is 4.79 Å². The summed E-state index contributed by atoms with van der Waals surface area (Å²) in [6.45, 7) is 0. The predicted molar refractivity (Wildman–Crippen MR) is 65.6 cm³/mol. The van der Waals surface area contributed by atoms with Crippen LogP contribution in [0.3, 0.4) is 0 Å². The number of rotatable bonds is 2. The first kappa shape index (κ1) is 10.4. The van der Waals surface area contributed by atoms with Gasteiger partial charge in [-0.25, -0.2) is 15.0 Å². The highest BCUT2D eigenvalue weighted by Gasteiger charge is 2.13. The number of aromatic nitrogens is 4. The molecule has 0 radical (unpaired) electrons. The van der Waals surface area contributed by atoms with E-state index in [0.717, 1.165) is 0 Å². The Kier molecular flexibility index (Phi) is 2.26. The van der Waals surface area contributed by atoms with Gasteiger partial charge in [0.1, 0.15) is 5.82 Å². The van der Waals surface area contributed by atoms with Gasteiger partial charge in [-0.2, -0.15) is 0 Å². The van der Waals surface area contributed by atoms with Gasteiger partial charge in [0.25, 0.3) is 0 Å². The highest BCUT2D eigenvalue weighted by molar-refractivity contribution is 5.99. The van der Waals surface area contributed by atoms with E-state index in [9.17, 15) is 4.79 Å². The lowest BCUT2D eigenvalue weighted by Crippen LogP contribution is -2.12. The molecule has 0 spiro atoms. The van der Waals surface area contributed by atoms with Crippen molar-refractivity contribution < 1.29 is 4.79 Å². The number of H-pyrrole nitrogens is 1. The van der Waals surface area contributed by atoms with E-state index in [0.29, 0.717) is 28.2 Å². The van der Waals surface area contributed by atoms with Crippen LogP contribution in [0.25, 0.3) is 22.7 Å². The monoisotopic (exact) mass is 239 g/mol. The first-order chi connectivity index (χ1) is 8.75. The first-order valence-electron chi connectivity index (χ1n) is 5.31. The summed E-state index contributed by atoms with van der Waals surface area (Å²) in [6.07, 6.45) is 3.14. The minimum Gasteiger partial charge on any atom is -0.366 e. The number of amides is 1. The average molecular weight is 239 g/mol. The fraction of sp³-hybridized carbons (Fsp3) is 0. The zero-order chi connectivity index (χ0) is 12.5. The van der Waals surface area contributed by atoms with E-state index in [1.165, 1.54) is 0 Å². The molecule has 0 fully saturated rings. The van der Waals surface area contributed by atoms with E-state index in [-0.39, 0.29) is 0 Å².